The molecule has 6 nitrogen and oxygen atoms in total. The molecule has 1 aliphatic rings. The van der Waals surface area contributed by atoms with Crippen LogP contribution in [0.5, 0.6) is 0 Å². The lowest BCUT2D eigenvalue weighted by atomic mass is 10.2. The van der Waals surface area contributed by atoms with Gasteiger partial charge >= 0.3 is 6.09 Å². The summed E-state index contributed by atoms with van der Waals surface area (Å²) in [6.07, 6.45) is -0.690. The molecule has 176 valence electrons. The van der Waals surface area contributed by atoms with Gasteiger partial charge in [-0.05, 0) is 57.5 Å². The second-order valence-electron chi connectivity index (χ2n) is 9.20. The maximum atomic E-state index is 15.0. The minimum absolute atomic E-state index is 0.230. The number of halogens is 3. The third kappa shape index (κ3) is 5.34. The van der Waals surface area contributed by atoms with Crippen molar-refractivity contribution in [3.05, 3.63) is 51.2 Å². The molecule has 1 atom stereocenters. The molecule has 0 saturated carbocycles. The van der Waals surface area contributed by atoms with E-state index >= 15 is 4.39 Å². The summed E-state index contributed by atoms with van der Waals surface area (Å²) < 4.78 is 29.0. The van der Waals surface area contributed by atoms with Crippen LogP contribution in [0.1, 0.15) is 26.3 Å². The summed E-state index contributed by atoms with van der Waals surface area (Å²) in [5, 5.41) is 0.259. The number of nitrogens with zero attached hydrogens (tertiary/aromatic N) is 3. The third-order valence-corrected chi connectivity index (χ3v) is 6.07. The van der Waals surface area contributed by atoms with Crippen molar-refractivity contribution in [3.8, 4) is 11.4 Å². The van der Waals surface area contributed by atoms with Crippen LogP contribution in [0.15, 0.2) is 34.8 Å². The van der Waals surface area contributed by atoms with Crippen molar-refractivity contribution < 1.29 is 18.7 Å². The topological polar surface area (TPSA) is 56.6 Å². The van der Waals surface area contributed by atoms with Crippen LogP contribution in [0.3, 0.4) is 0 Å². The Morgan fingerprint density at radius 1 is 1.33 bits per heavy atom. The third-order valence-electron chi connectivity index (χ3n) is 5.31. The van der Waals surface area contributed by atoms with Crippen molar-refractivity contribution in [2.45, 2.75) is 45.9 Å². The van der Waals surface area contributed by atoms with Gasteiger partial charge in [-0.3, -0.25) is 0 Å². The molecule has 3 aromatic rings. The molecule has 0 radical (unpaired) electrons. The van der Waals surface area contributed by atoms with Crippen molar-refractivity contribution >= 4 is 44.7 Å². The number of fused-ring (bicyclic) bond motifs is 1. The Labute approximate surface area is 205 Å². The average Bonchev–Trinajstić information content (AvgIpc) is 3.03. The van der Waals surface area contributed by atoms with Crippen molar-refractivity contribution in [1.82, 2.24) is 14.5 Å². The molecule has 1 aromatic heterocycles. The Hall–Kier alpha value is -2.16. The van der Waals surface area contributed by atoms with Crippen LogP contribution in [-0.2, 0) is 16.0 Å². The Bertz CT molecular complexity index is 1180. The first kappa shape index (κ1) is 24.0. The molecule has 1 saturated heterocycles. The van der Waals surface area contributed by atoms with Crippen molar-refractivity contribution in [3.63, 3.8) is 0 Å². The maximum absolute atomic E-state index is 15.0. The van der Waals surface area contributed by atoms with Gasteiger partial charge in [0.1, 0.15) is 17.2 Å². The molecule has 2 heterocycles. The van der Waals surface area contributed by atoms with Crippen LogP contribution >= 0.6 is 27.5 Å². The average molecular weight is 539 g/mol. The summed E-state index contributed by atoms with van der Waals surface area (Å²) >= 11 is 9.73. The van der Waals surface area contributed by atoms with Gasteiger partial charge in [-0.25, -0.2) is 14.2 Å². The molecule has 0 unspecified atom stereocenters. The van der Waals surface area contributed by atoms with E-state index in [0.29, 0.717) is 36.5 Å². The zero-order valence-corrected chi connectivity index (χ0v) is 21.3. The fourth-order valence-electron chi connectivity index (χ4n) is 3.90. The van der Waals surface area contributed by atoms with E-state index in [0.717, 1.165) is 16.6 Å². The second kappa shape index (κ2) is 9.24. The second-order valence-corrected chi connectivity index (χ2v) is 10.5. The van der Waals surface area contributed by atoms with Gasteiger partial charge in [0.15, 0.2) is 0 Å². The molecular formula is C24H26BrClFN3O3. The fourth-order valence-corrected chi connectivity index (χ4v) is 4.75. The Morgan fingerprint density at radius 3 is 2.79 bits per heavy atom. The summed E-state index contributed by atoms with van der Waals surface area (Å²) in [7, 11) is 0. The molecule has 0 aliphatic carbocycles. The highest BCUT2D eigenvalue weighted by Crippen LogP contribution is 2.35. The van der Waals surface area contributed by atoms with E-state index in [-0.39, 0.29) is 22.8 Å². The Morgan fingerprint density at radius 2 is 2.09 bits per heavy atom. The predicted molar refractivity (Wildman–Crippen MR) is 130 cm³/mol. The van der Waals surface area contributed by atoms with Gasteiger partial charge in [-0.2, -0.15) is 0 Å². The monoisotopic (exact) mass is 537 g/mol. The number of aryl methyl sites for hydroxylation is 1. The quantitative estimate of drug-likeness (QED) is 0.398. The van der Waals surface area contributed by atoms with Crippen LogP contribution in [0.2, 0.25) is 5.02 Å². The number of ether oxygens (including phenoxy) is 2. The molecule has 1 fully saturated rings. The largest absolute Gasteiger partial charge is 0.444 e. The number of hydrogen-bond donors (Lipinski definition) is 0. The number of benzene rings is 2. The zero-order valence-electron chi connectivity index (χ0n) is 19.0. The van der Waals surface area contributed by atoms with Crippen molar-refractivity contribution in [2.75, 3.05) is 19.7 Å². The summed E-state index contributed by atoms with van der Waals surface area (Å²) in [5.74, 6) is -0.0498. The van der Waals surface area contributed by atoms with Crippen LogP contribution in [0, 0.1) is 12.7 Å². The normalized spacial score (nSPS) is 16.9. The number of carbonyl (C=O) groups excluding carboxylic acids is 1. The zero-order chi connectivity index (χ0) is 23.9. The molecule has 2 aromatic carbocycles. The summed E-state index contributed by atoms with van der Waals surface area (Å²) in [5.41, 5.74) is 2.28. The highest BCUT2D eigenvalue weighted by Gasteiger charge is 2.30. The van der Waals surface area contributed by atoms with Gasteiger partial charge in [-0.1, -0.05) is 33.6 Å². The first-order valence-electron chi connectivity index (χ1n) is 10.7. The van der Waals surface area contributed by atoms with Gasteiger partial charge in [0.05, 0.1) is 47.4 Å². The van der Waals surface area contributed by atoms with E-state index in [4.69, 9.17) is 26.1 Å². The smallest absolute Gasteiger partial charge is 0.410 e. The lowest BCUT2D eigenvalue weighted by Gasteiger charge is -2.34. The molecule has 1 amide bonds. The summed E-state index contributed by atoms with van der Waals surface area (Å²) in [6, 6.07) is 8.92. The van der Waals surface area contributed by atoms with Gasteiger partial charge in [-0.15, -0.1) is 0 Å². The standard InChI is InChI=1S/C24H26BrClFN3O3/c1-14-5-6-20-19(9-14)28-22(21-17(26)10-15(25)11-18(21)27)30(20)13-16-12-29(7-8-32-16)23(31)33-24(2,3)4/h5-6,9-11,16H,7-8,12-13H2,1-4H3/t16-/m1/s1. The van der Waals surface area contributed by atoms with E-state index in [1.807, 2.05) is 50.5 Å². The fraction of sp³-hybridized carbons (Fsp3) is 0.417. The van der Waals surface area contributed by atoms with E-state index in [2.05, 4.69) is 15.9 Å². The summed E-state index contributed by atoms with van der Waals surface area (Å²) in [6.45, 7) is 9.07. The maximum Gasteiger partial charge on any atom is 0.410 e. The number of rotatable bonds is 3. The Balaban J connectivity index is 1.70. The molecule has 9 heteroatoms. The van der Waals surface area contributed by atoms with E-state index < -0.39 is 11.4 Å². The molecule has 0 bridgehead atoms. The van der Waals surface area contributed by atoms with Crippen LogP contribution in [-0.4, -0.2) is 51.9 Å². The minimum atomic E-state index is -0.577. The van der Waals surface area contributed by atoms with Gasteiger partial charge in [0.2, 0.25) is 0 Å². The first-order valence-corrected chi connectivity index (χ1v) is 11.9. The minimum Gasteiger partial charge on any atom is -0.444 e. The van der Waals surface area contributed by atoms with Gasteiger partial charge < -0.3 is 18.9 Å². The predicted octanol–water partition coefficient (Wildman–Crippen LogP) is 6.20. The number of carbonyl (C=O) groups is 1. The van der Waals surface area contributed by atoms with Crippen molar-refractivity contribution in [2.24, 2.45) is 0 Å². The number of aromatic nitrogens is 2. The van der Waals surface area contributed by atoms with E-state index in [1.165, 1.54) is 6.07 Å². The lowest BCUT2D eigenvalue weighted by Crippen LogP contribution is -2.48. The van der Waals surface area contributed by atoms with Crippen LogP contribution in [0.4, 0.5) is 9.18 Å². The van der Waals surface area contributed by atoms with Gasteiger partial charge in [0.25, 0.3) is 0 Å². The van der Waals surface area contributed by atoms with Crippen LogP contribution in [0.25, 0.3) is 22.4 Å². The van der Waals surface area contributed by atoms with Crippen molar-refractivity contribution in [1.29, 1.82) is 0 Å². The van der Waals surface area contributed by atoms with E-state index in [9.17, 15) is 4.79 Å². The molecule has 0 spiro atoms. The highest BCUT2D eigenvalue weighted by molar-refractivity contribution is 9.10. The highest BCUT2D eigenvalue weighted by atomic mass is 79.9. The first-order chi connectivity index (χ1) is 15.5. The Kier molecular flexibility index (Phi) is 6.71. The molecular weight excluding hydrogens is 513 g/mol. The number of morpholine rings is 1. The van der Waals surface area contributed by atoms with Gasteiger partial charge in [0, 0.05) is 11.0 Å². The summed E-state index contributed by atoms with van der Waals surface area (Å²) in [4.78, 5) is 19.0. The molecule has 33 heavy (non-hydrogen) atoms. The van der Waals surface area contributed by atoms with E-state index in [1.54, 1.807) is 11.0 Å². The number of imidazole rings is 1. The lowest BCUT2D eigenvalue weighted by molar-refractivity contribution is -0.0468. The number of amides is 1. The molecule has 0 N–H and O–H groups in total. The molecule has 1 aliphatic heterocycles. The van der Waals surface area contributed by atoms with Crippen LogP contribution < -0.4 is 0 Å². The molecule has 4 rings (SSSR count). The number of hydrogen-bond acceptors (Lipinski definition) is 4. The SMILES string of the molecule is Cc1ccc2c(c1)nc(-c1c(F)cc(Br)cc1Cl)n2C[C@H]1CN(C(=O)OC(C)(C)C)CCO1.